The first-order valence-electron chi connectivity index (χ1n) is 10.4. The molecule has 1 aliphatic heterocycles. The van der Waals surface area contributed by atoms with Crippen LogP contribution >= 0.6 is 0 Å². The van der Waals surface area contributed by atoms with Gasteiger partial charge in [0.15, 0.2) is 0 Å². The van der Waals surface area contributed by atoms with Crippen LogP contribution in [0.5, 0.6) is 0 Å². The molecule has 9 nitrogen and oxygen atoms in total. The van der Waals surface area contributed by atoms with Crippen LogP contribution in [0.2, 0.25) is 0 Å². The van der Waals surface area contributed by atoms with Gasteiger partial charge >= 0.3 is 0 Å². The molecule has 2 aromatic rings. The van der Waals surface area contributed by atoms with E-state index in [-0.39, 0.29) is 22.3 Å². The molecule has 10 heteroatoms. The van der Waals surface area contributed by atoms with E-state index in [1.165, 1.54) is 18.6 Å². The van der Waals surface area contributed by atoms with Gasteiger partial charge in [-0.1, -0.05) is 6.42 Å². The van der Waals surface area contributed by atoms with E-state index in [0.717, 1.165) is 37.8 Å². The quantitative estimate of drug-likeness (QED) is 0.462. The second-order valence-electron chi connectivity index (χ2n) is 8.80. The van der Waals surface area contributed by atoms with Crippen molar-refractivity contribution in [1.29, 1.82) is 0 Å². The van der Waals surface area contributed by atoms with E-state index in [2.05, 4.69) is 14.9 Å². The monoisotopic (exact) mass is 450 g/mol. The molecule has 0 amide bonds. The highest BCUT2D eigenvalue weighted by atomic mass is 32.2. The number of likely N-dealkylation sites (tertiary alicyclic amines) is 1. The van der Waals surface area contributed by atoms with Crippen LogP contribution in [0.1, 0.15) is 51.8 Å². The number of benzene rings is 1. The Balaban J connectivity index is 1.84. The number of sulfonamides is 1. The molecule has 1 saturated heterocycles. The molecule has 0 radical (unpaired) electrons. The predicted octanol–water partition coefficient (Wildman–Crippen LogP) is 3.90. The third-order valence-electron chi connectivity index (χ3n) is 5.11. The minimum atomic E-state index is -3.88. The summed E-state index contributed by atoms with van der Waals surface area (Å²) in [5, 5.41) is 14.8. The molecule has 2 N–H and O–H groups in total. The average molecular weight is 451 g/mol. The van der Waals surface area contributed by atoms with Crippen molar-refractivity contribution in [3.63, 3.8) is 0 Å². The van der Waals surface area contributed by atoms with Gasteiger partial charge in [-0.3, -0.25) is 15.0 Å². The smallest absolute Gasteiger partial charge is 0.293 e. The van der Waals surface area contributed by atoms with Crippen molar-refractivity contribution in [2.75, 3.05) is 25.0 Å². The van der Waals surface area contributed by atoms with Crippen LogP contribution in [0.4, 0.5) is 11.4 Å². The van der Waals surface area contributed by atoms with Crippen LogP contribution < -0.4 is 10.0 Å². The number of hydrogen-bond donors (Lipinski definition) is 2. The fourth-order valence-electron chi connectivity index (χ4n) is 3.77. The SMILES string of the molecule is CC(C)(C)NS(=O)(=O)c1ccc(NCC(c2ccco2)N2CCCCC2)c([N+](=O)[O-])c1. The predicted molar refractivity (Wildman–Crippen MR) is 119 cm³/mol. The number of nitrogens with one attached hydrogen (secondary N) is 2. The number of piperidine rings is 1. The summed E-state index contributed by atoms with van der Waals surface area (Å²) in [5.41, 5.74) is -0.711. The van der Waals surface area contributed by atoms with Crippen molar-refractivity contribution in [3.8, 4) is 0 Å². The lowest BCUT2D eigenvalue weighted by Gasteiger charge is -2.33. The summed E-state index contributed by atoms with van der Waals surface area (Å²) in [6.07, 6.45) is 5.02. The molecule has 1 atom stereocenters. The van der Waals surface area contributed by atoms with Gasteiger partial charge in [0.2, 0.25) is 10.0 Å². The molecule has 1 aromatic heterocycles. The summed E-state index contributed by atoms with van der Waals surface area (Å²) in [5.74, 6) is 0.797. The second kappa shape index (κ2) is 9.37. The van der Waals surface area contributed by atoms with Gasteiger partial charge in [0.1, 0.15) is 11.4 Å². The van der Waals surface area contributed by atoms with Gasteiger partial charge in [-0.15, -0.1) is 0 Å². The first kappa shape index (κ1) is 23.2. The Hall–Kier alpha value is -2.43. The Morgan fingerprint density at radius 2 is 1.90 bits per heavy atom. The van der Waals surface area contributed by atoms with E-state index in [1.807, 2.05) is 12.1 Å². The van der Waals surface area contributed by atoms with E-state index in [9.17, 15) is 18.5 Å². The van der Waals surface area contributed by atoms with E-state index in [1.54, 1.807) is 27.0 Å². The molecule has 0 saturated carbocycles. The van der Waals surface area contributed by atoms with Crippen LogP contribution in [0.3, 0.4) is 0 Å². The van der Waals surface area contributed by atoms with E-state index >= 15 is 0 Å². The fourth-order valence-corrected chi connectivity index (χ4v) is 5.21. The molecule has 0 spiro atoms. The third kappa shape index (κ3) is 6.05. The molecule has 0 bridgehead atoms. The van der Waals surface area contributed by atoms with E-state index in [4.69, 9.17) is 4.42 Å². The van der Waals surface area contributed by atoms with Gasteiger partial charge in [0.25, 0.3) is 5.69 Å². The molecule has 1 fully saturated rings. The Morgan fingerprint density at radius 1 is 1.19 bits per heavy atom. The lowest BCUT2D eigenvalue weighted by molar-refractivity contribution is -0.384. The summed E-state index contributed by atoms with van der Waals surface area (Å²) in [7, 11) is -3.88. The molecule has 170 valence electrons. The van der Waals surface area contributed by atoms with Gasteiger partial charge in [-0.2, -0.15) is 0 Å². The lowest BCUT2D eigenvalue weighted by Crippen LogP contribution is -2.40. The molecule has 2 heterocycles. The first-order valence-corrected chi connectivity index (χ1v) is 11.9. The number of nitro benzene ring substituents is 1. The topological polar surface area (TPSA) is 118 Å². The van der Waals surface area contributed by atoms with Crippen LogP contribution in [0.25, 0.3) is 0 Å². The number of furan rings is 1. The maximum Gasteiger partial charge on any atom is 0.293 e. The zero-order chi connectivity index (χ0) is 22.6. The average Bonchev–Trinajstić information content (AvgIpc) is 3.21. The number of hydrogen-bond acceptors (Lipinski definition) is 7. The third-order valence-corrected chi connectivity index (χ3v) is 6.86. The maximum absolute atomic E-state index is 12.6. The first-order chi connectivity index (χ1) is 14.6. The van der Waals surface area contributed by atoms with Crippen LogP contribution in [-0.2, 0) is 10.0 Å². The Bertz CT molecular complexity index is 993. The molecule has 0 aliphatic carbocycles. The zero-order valence-electron chi connectivity index (χ0n) is 18.1. The number of nitrogens with zero attached hydrogens (tertiary/aromatic N) is 2. The summed E-state index contributed by atoms with van der Waals surface area (Å²) in [6, 6.07) is 7.59. The van der Waals surface area contributed by atoms with Crippen LogP contribution in [0.15, 0.2) is 45.9 Å². The van der Waals surface area contributed by atoms with Crippen molar-refractivity contribution in [3.05, 3.63) is 52.5 Å². The van der Waals surface area contributed by atoms with Gasteiger partial charge < -0.3 is 9.73 Å². The molecule has 3 rings (SSSR count). The largest absolute Gasteiger partial charge is 0.468 e. The molecule has 1 aliphatic rings. The number of nitro groups is 1. The van der Waals surface area contributed by atoms with E-state index < -0.39 is 20.5 Å². The number of anilines is 1. The zero-order valence-corrected chi connectivity index (χ0v) is 18.9. The van der Waals surface area contributed by atoms with Gasteiger partial charge in [-0.25, -0.2) is 13.1 Å². The standard InChI is InChI=1S/C21H30N4O5S/c1-21(2,3)23-31(28,29)16-9-10-17(18(14-16)25(26)27)22-15-19(20-8-7-13-30-20)24-11-5-4-6-12-24/h7-10,13-14,19,22-23H,4-6,11-12,15H2,1-3H3. The normalized spacial score (nSPS) is 16.7. The summed E-state index contributed by atoms with van der Waals surface area (Å²) >= 11 is 0. The fraction of sp³-hybridized carbons (Fsp3) is 0.524. The Morgan fingerprint density at radius 3 is 2.48 bits per heavy atom. The van der Waals surface area contributed by atoms with Crippen molar-refractivity contribution in [2.45, 2.75) is 56.5 Å². The lowest BCUT2D eigenvalue weighted by atomic mass is 10.1. The minimum Gasteiger partial charge on any atom is -0.468 e. The molecule has 31 heavy (non-hydrogen) atoms. The van der Waals surface area contributed by atoms with Gasteiger partial charge in [0, 0.05) is 18.2 Å². The highest BCUT2D eigenvalue weighted by molar-refractivity contribution is 7.89. The number of rotatable bonds is 8. The van der Waals surface area contributed by atoms with Crippen molar-refractivity contribution < 1.29 is 17.8 Å². The summed E-state index contributed by atoms with van der Waals surface area (Å²) in [6.45, 7) is 7.41. The molecular formula is C21H30N4O5S. The highest BCUT2D eigenvalue weighted by Crippen LogP contribution is 2.31. The summed E-state index contributed by atoms with van der Waals surface area (Å²) in [4.78, 5) is 13.3. The van der Waals surface area contributed by atoms with Crippen molar-refractivity contribution in [2.24, 2.45) is 0 Å². The van der Waals surface area contributed by atoms with E-state index in [0.29, 0.717) is 6.54 Å². The Kier molecular flexibility index (Phi) is 7.03. The molecular weight excluding hydrogens is 420 g/mol. The van der Waals surface area contributed by atoms with Crippen molar-refractivity contribution in [1.82, 2.24) is 9.62 Å². The molecule has 1 unspecified atom stereocenters. The van der Waals surface area contributed by atoms with Gasteiger partial charge in [0.05, 0.1) is 22.1 Å². The van der Waals surface area contributed by atoms with Crippen LogP contribution in [-0.4, -0.2) is 43.4 Å². The van der Waals surface area contributed by atoms with Gasteiger partial charge in [-0.05, 0) is 71.0 Å². The van der Waals surface area contributed by atoms with Crippen molar-refractivity contribution >= 4 is 21.4 Å². The molecule has 1 aromatic carbocycles. The van der Waals surface area contributed by atoms with Crippen LogP contribution in [0, 0.1) is 10.1 Å². The second-order valence-corrected chi connectivity index (χ2v) is 10.5. The summed E-state index contributed by atoms with van der Waals surface area (Å²) < 4.78 is 33.3. The highest BCUT2D eigenvalue weighted by Gasteiger charge is 2.28. The minimum absolute atomic E-state index is 0.0686. The Labute approximate surface area is 183 Å². The maximum atomic E-state index is 12.6.